The maximum absolute atomic E-state index is 11.5. The van der Waals surface area contributed by atoms with Crippen LogP contribution in [0.5, 0.6) is 11.5 Å². The van der Waals surface area contributed by atoms with Crippen LogP contribution < -0.4 is 20.2 Å². The molecule has 0 fully saturated rings. The van der Waals surface area contributed by atoms with Crippen molar-refractivity contribution in [3.63, 3.8) is 0 Å². The highest BCUT2D eigenvalue weighted by Crippen LogP contribution is 2.27. The third kappa shape index (κ3) is 6.35. The van der Waals surface area contributed by atoms with Crippen molar-refractivity contribution in [2.24, 2.45) is 5.10 Å². The molecule has 0 unspecified atom stereocenters. The summed E-state index contributed by atoms with van der Waals surface area (Å²) in [5.41, 5.74) is 2.83. The maximum atomic E-state index is 11.5. The van der Waals surface area contributed by atoms with E-state index in [9.17, 15) is 9.59 Å². The molecule has 0 heterocycles. The third-order valence-electron chi connectivity index (χ3n) is 2.67. The van der Waals surface area contributed by atoms with Crippen LogP contribution in [0.3, 0.4) is 0 Å². The number of hydrogen-bond acceptors (Lipinski definition) is 6. The Bertz CT molecular complexity index is 560. The van der Waals surface area contributed by atoms with Crippen molar-refractivity contribution in [2.45, 2.75) is 6.92 Å². The summed E-state index contributed by atoms with van der Waals surface area (Å²) in [6.45, 7) is 2.94. The zero-order chi connectivity index (χ0) is 17.1. The molecule has 2 amide bonds. The number of rotatable bonds is 8. The van der Waals surface area contributed by atoms with Gasteiger partial charge in [0, 0.05) is 13.7 Å². The summed E-state index contributed by atoms with van der Waals surface area (Å²) in [6, 6.07) is 5.19. The molecule has 8 heteroatoms. The van der Waals surface area contributed by atoms with Crippen LogP contribution >= 0.6 is 0 Å². The number of methoxy groups -OCH3 is 2. The van der Waals surface area contributed by atoms with Crippen molar-refractivity contribution >= 4 is 18.0 Å². The van der Waals surface area contributed by atoms with E-state index in [0.29, 0.717) is 30.3 Å². The molecule has 0 aliphatic rings. The van der Waals surface area contributed by atoms with Gasteiger partial charge in [0.05, 0.1) is 26.5 Å². The van der Waals surface area contributed by atoms with Gasteiger partial charge < -0.3 is 19.5 Å². The van der Waals surface area contributed by atoms with Crippen molar-refractivity contribution in [1.82, 2.24) is 10.7 Å². The lowest BCUT2D eigenvalue weighted by Gasteiger charge is -2.09. The average molecular weight is 323 g/mol. The van der Waals surface area contributed by atoms with Gasteiger partial charge in [-0.1, -0.05) is 0 Å². The largest absolute Gasteiger partial charge is 0.493 e. The van der Waals surface area contributed by atoms with Crippen LogP contribution in [-0.2, 0) is 14.3 Å². The lowest BCUT2D eigenvalue weighted by Crippen LogP contribution is -2.39. The molecule has 0 aliphatic heterocycles. The van der Waals surface area contributed by atoms with Gasteiger partial charge in [-0.25, -0.2) is 5.43 Å². The van der Waals surface area contributed by atoms with Gasteiger partial charge in [0.1, 0.15) is 0 Å². The first kappa shape index (κ1) is 18.4. The number of nitrogens with zero attached hydrogens (tertiary/aromatic N) is 1. The molecule has 2 N–H and O–H groups in total. The predicted octanol–water partition coefficient (Wildman–Crippen LogP) is 0.307. The quantitative estimate of drug-likeness (QED) is 0.310. The number of ether oxygens (including phenoxy) is 3. The van der Waals surface area contributed by atoms with Crippen molar-refractivity contribution in [2.75, 3.05) is 34.0 Å². The Labute approximate surface area is 134 Å². The second-order valence-corrected chi connectivity index (χ2v) is 4.29. The molecule has 0 aliphatic carbocycles. The first-order valence-corrected chi connectivity index (χ1v) is 7.03. The molecule has 1 aromatic rings. The molecule has 8 nitrogen and oxygen atoms in total. The Morgan fingerprint density at radius 1 is 1.22 bits per heavy atom. The highest BCUT2D eigenvalue weighted by molar-refractivity contribution is 6.35. The minimum absolute atomic E-state index is 0.253. The number of carbonyl (C=O) groups excluding carboxylic acids is 2. The lowest BCUT2D eigenvalue weighted by atomic mass is 10.2. The molecule has 1 rings (SSSR count). The monoisotopic (exact) mass is 323 g/mol. The van der Waals surface area contributed by atoms with Gasteiger partial charge in [0.2, 0.25) is 0 Å². The number of carbonyl (C=O) groups is 2. The standard InChI is InChI=1S/C15H21N3O5/c1-4-23-13-9-11(5-6-12(13)22-3)10-17-18-15(20)14(19)16-7-8-21-2/h5-6,9-10H,4,7-8H2,1-3H3,(H,16,19)(H,18,20)/b17-10-. The number of nitrogens with one attached hydrogen (secondary N) is 2. The minimum atomic E-state index is -0.851. The third-order valence-corrected chi connectivity index (χ3v) is 2.67. The summed E-state index contributed by atoms with van der Waals surface area (Å²) in [6.07, 6.45) is 1.41. The summed E-state index contributed by atoms with van der Waals surface area (Å²) >= 11 is 0. The van der Waals surface area contributed by atoms with Crippen LogP contribution in [0.15, 0.2) is 23.3 Å². The molecule has 126 valence electrons. The van der Waals surface area contributed by atoms with Gasteiger partial charge in [-0.2, -0.15) is 5.10 Å². The topological polar surface area (TPSA) is 98.2 Å². The Morgan fingerprint density at radius 2 is 2.00 bits per heavy atom. The zero-order valence-electron chi connectivity index (χ0n) is 13.4. The van der Waals surface area contributed by atoms with Gasteiger partial charge in [-0.15, -0.1) is 0 Å². The van der Waals surface area contributed by atoms with E-state index in [2.05, 4.69) is 15.8 Å². The molecule has 0 saturated heterocycles. The van der Waals surface area contributed by atoms with Crippen LogP contribution in [0.1, 0.15) is 12.5 Å². The highest BCUT2D eigenvalue weighted by atomic mass is 16.5. The van der Waals surface area contributed by atoms with E-state index < -0.39 is 11.8 Å². The van der Waals surface area contributed by atoms with E-state index in [1.54, 1.807) is 25.3 Å². The molecule has 1 aromatic carbocycles. The van der Waals surface area contributed by atoms with E-state index in [-0.39, 0.29) is 6.54 Å². The second kappa shape index (κ2) is 10.2. The molecule has 0 spiro atoms. The van der Waals surface area contributed by atoms with Crippen molar-refractivity contribution in [3.05, 3.63) is 23.8 Å². The van der Waals surface area contributed by atoms with E-state index >= 15 is 0 Å². The molecule has 0 radical (unpaired) electrons. The SMILES string of the molecule is CCOc1cc(/C=N\NC(=O)C(=O)NCCOC)ccc1OC. The summed E-state index contributed by atoms with van der Waals surface area (Å²) in [5.74, 6) is -0.451. The summed E-state index contributed by atoms with van der Waals surface area (Å²) in [5, 5.41) is 6.12. The van der Waals surface area contributed by atoms with Crippen LogP contribution in [0, 0.1) is 0 Å². The number of amides is 2. The van der Waals surface area contributed by atoms with Gasteiger partial charge in [0.25, 0.3) is 0 Å². The molecule has 0 saturated carbocycles. The van der Waals surface area contributed by atoms with Crippen molar-refractivity contribution < 1.29 is 23.8 Å². The zero-order valence-corrected chi connectivity index (χ0v) is 13.4. The van der Waals surface area contributed by atoms with Gasteiger partial charge in [-0.05, 0) is 30.7 Å². The second-order valence-electron chi connectivity index (χ2n) is 4.29. The molecular formula is C15H21N3O5. The molecule has 0 aromatic heterocycles. The Hall–Kier alpha value is -2.61. The Balaban J connectivity index is 2.58. The van der Waals surface area contributed by atoms with Gasteiger partial charge >= 0.3 is 11.8 Å². The van der Waals surface area contributed by atoms with Crippen LogP contribution in [0.25, 0.3) is 0 Å². The van der Waals surface area contributed by atoms with Crippen LogP contribution in [-0.4, -0.2) is 52.0 Å². The number of benzene rings is 1. The van der Waals surface area contributed by atoms with E-state index in [1.807, 2.05) is 6.92 Å². The summed E-state index contributed by atoms with van der Waals surface area (Å²) < 4.78 is 15.4. The lowest BCUT2D eigenvalue weighted by molar-refractivity contribution is -0.139. The molecule has 0 atom stereocenters. The molecular weight excluding hydrogens is 302 g/mol. The molecule has 0 bridgehead atoms. The van der Waals surface area contributed by atoms with Crippen molar-refractivity contribution in [1.29, 1.82) is 0 Å². The number of hydrazone groups is 1. The maximum Gasteiger partial charge on any atom is 0.329 e. The average Bonchev–Trinajstić information content (AvgIpc) is 2.55. The van der Waals surface area contributed by atoms with Crippen molar-refractivity contribution in [3.8, 4) is 11.5 Å². The van der Waals surface area contributed by atoms with E-state index in [4.69, 9.17) is 14.2 Å². The van der Waals surface area contributed by atoms with Crippen LogP contribution in [0.2, 0.25) is 0 Å². The first-order valence-electron chi connectivity index (χ1n) is 7.03. The normalized spacial score (nSPS) is 10.4. The number of hydrogen-bond donors (Lipinski definition) is 2. The fourth-order valence-electron chi connectivity index (χ4n) is 1.61. The fourth-order valence-corrected chi connectivity index (χ4v) is 1.61. The van der Waals surface area contributed by atoms with Gasteiger partial charge in [-0.3, -0.25) is 9.59 Å². The smallest absolute Gasteiger partial charge is 0.329 e. The van der Waals surface area contributed by atoms with Gasteiger partial charge in [0.15, 0.2) is 11.5 Å². The predicted molar refractivity (Wildman–Crippen MR) is 84.8 cm³/mol. The fraction of sp³-hybridized carbons (Fsp3) is 0.400. The Morgan fingerprint density at radius 3 is 2.65 bits per heavy atom. The molecule has 23 heavy (non-hydrogen) atoms. The van der Waals surface area contributed by atoms with E-state index in [0.717, 1.165) is 0 Å². The van der Waals surface area contributed by atoms with E-state index in [1.165, 1.54) is 13.3 Å². The minimum Gasteiger partial charge on any atom is -0.493 e. The Kier molecular flexibility index (Phi) is 8.16. The summed E-state index contributed by atoms with van der Waals surface area (Å²) in [4.78, 5) is 22.9. The van der Waals surface area contributed by atoms with Crippen LogP contribution in [0.4, 0.5) is 0 Å². The summed E-state index contributed by atoms with van der Waals surface area (Å²) in [7, 11) is 3.05. The first-order chi connectivity index (χ1) is 11.1. The highest BCUT2D eigenvalue weighted by Gasteiger charge is 2.11.